The molecule has 1 aliphatic heterocycles. The van der Waals surface area contributed by atoms with E-state index in [4.69, 9.17) is 10.4 Å². The zero-order chi connectivity index (χ0) is 20.8. The molecule has 7 heteroatoms. The van der Waals surface area contributed by atoms with Gasteiger partial charge in [-0.3, -0.25) is 4.79 Å². The summed E-state index contributed by atoms with van der Waals surface area (Å²) in [5.41, 5.74) is 1.89. The second-order valence-corrected chi connectivity index (χ2v) is 7.05. The third-order valence-electron chi connectivity index (χ3n) is 5.04. The number of carbonyl (C=O) groups is 1. The fourth-order valence-corrected chi connectivity index (χ4v) is 3.52. The highest BCUT2D eigenvalue weighted by atomic mass is 19.1. The molecule has 2 heterocycles. The highest BCUT2D eigenvalue weighted by Gasteiger charge is 2.26. The number of hydrogen-bond acceptors (Lipinski definition) is 5. The van der Waals surface area contributed by atoms with E-state index in [1.54, 1.807) is 18.2 Å². The molecule has 0 bridgehead atoms. The molecule has 0 radical (unpaired) electrons. The van der Waals surface area contributed by atoms with Crippen molar-refractivity contribution in [3.8, 4) is 0 Å². The Kier molecular flexibility index (Phi) is 6.69. The summed E-state index contributed by atoms with van der Waals surface area (Å²) in [7, 11) is 0. The van der Waals surface area contributed by atoms with Crippen LogP contribution in [0.25, 0.3) is 5.57 Å². The number of allylic oxidation sites excluding steroid dienone is 2. The summed E-state index contributed by atoms with van der Waals surface area (Å²) in [4.78, 5) is 23.4. The van der Waals surface area contributed by atoms with Gasteiger partial charge in [-0.25, -0.2) is 14.4 Å². The van der Waals surface area contributed by atoms with E-state index in [9.17, 15) is 9.18 Å². The van der Waals surface area contributed by atoms with Crippen molar-refractivity contribution >= 4 is 29.2 Å². The van der Waals surface area contributed by atoms with Gasteiger partial charge in [0, 0.05) is 49.0 Å². The molecule has 29 heavy (non-hydrogen) atoms. The van der Waals surface area contributed by atoms with Crippen LogP contribution in [0.2, 0.25) is 0 Å². The Morgan fingerprint density at radius 2 is 2.21 bits per heavy atom. The van der Waals surface area contributed by atoms with Gasteiger partial charge in [-0.2, -0.15) is 0 Å². The van der Waals surface area contributed by atoms with Crippen molar-refractivity contribution in [2.75, 3.05) is 18.4 Å². The Bertz CT molecular complexity index is 927. The van der Waals surface area contributed by atoms with Crippen LogP contribution in [-0.4, -0.2) is 40.1 Å². The Morgan fingerprint density at radius 1 is 1.38 bits per heavy atom. The summed E-state index contributed by atoms with van der Waals surface area (Å²) in [5.74, 6) is 1.000. The van der Waals surface area contributed by atoms with Gasteiger partial charge >= 0.3 is 0 Å². The zero-order valence-electron chi connectivity index (χ0n) is 16.8. The molecule has 1 fully saturated rings. The molecule has 1 aromatic carbocycles. The quantitative estimate of drug-likeness (QED) is 0.704. The van der Waals surface area contributed by atoms with Crippen LogP contribution in [0.4, 0.5) is 15.9 Å². The van der Waals surface area contributed by atoms with Gasteiger partial charge in [-0.1, -0.05) is 19.1 Å². The lowest BCUT2D eigenvalue weighted by atomic mass is 9.96. The van der Waals surface area contributed by atoms with Gasteiger partial charge in [0.2, 0.25) is 5.91 Å². The van der Waals surface area contributed by atoms with Crippen LogP contribution in [0.15, 0.2) is 36.4 Å². The summed E-state index contributed by atoms with van der Waals surface area (Å²) in [6.07, 6.45) is 5.35. The van der Waals surface area contributed by atoms with E-state index in [0.717, 1.165) is 19.4 Å². The summed E-state index contributed by atoms with van der Waals surface area (Å²) < 4.78 is 13.6. The summed E-state index contributed by atoms with van der Waals surface area (Å²) in [6.45, 7) is 5.07. The Labute approximate surface area is 170 Å². The maximum Gasteiger partial charge on any atom is 0.222 e. The van der Waals surface area contributed by atoms with E-state index in [1.165, 1.54) is 18.3 Å². The van der Waals surface area contributed by atoms with Gasteiger partial charge in [-0.15, -0.1) is 0 Å². The van der Waals surface area contributed by atoms with Gasteiger partial charge in [0.25, 0.3) is 0 Å². The normalized spacial score (nSPS) is 17.1. The van der Waals surface area contributed by atoms with Crippen molar-refractivity contribution in [1.29, 1.82) is 5.41 Å². The summed E-state index contributed by atoms with van der Waals surface area (Å²) >= 11 is 0. The molecule has 2 N–H and O–H groups in total. The molecule has 1 aromatic heterocycles. The topological polar surface area (TPSA) is 82.0 Å². The molecule has 0 spiro atoms. The van der Waals surface area contributed by atoms with Crippen molar-refractivity contribution < 1.29 is 9.18 Å². The fraction of sp³-hybridized carbons (Fsp3) is 0.364. The maximum absolute atomic E-state index is 13.6. The first kappa shape index (κ1) is 20.6. The van der Waals surface area contributed by atoms with Gasteiger partial charge < -0.3 is 15.6 Å². The van der Waals surface area contributed by atoms with Crippen LogP contribution in [0.3, 0.4) is 0 Å². The van der Waals surface area contributed by atoms with E-state index < -0.39 is 0 Å². The Hall–Kier alpha value is -3.09. The monoisotopic (exact) mass is 395 g/mol. The number of carbonyl (C=O) groups excluding carboxylic acids is 1. The average Bonchev–Trinajstić information content (AvgIpc) is 2.74. The first-order valence-corrected chi connectivity index (χ1v) is 9.90. The minimum Gasteiger partial charge on any atom is -0.342 e. The standard InChI is InChI=1S/C22H26FN5O/c1-3-15(13-24)19-12-20(25-18-9-5-8-17(23)11-18)27-22(26-19)16-7-6-10-28(14-16)21(29)4-2/h3,5,8-9,11-13,16,24H,4,6-7,10,14H2,1-2H3,(H,25,26,27)/b15-3+,24-13?. The number of nitrogens with zero attached hydrogens (tertiary/aromatic N) is 3. The van der Waals surface area contributed by atoms with Gasteiger partial charge in [0.1, 0.15) is 17.5 Å². The number of piperidine rings is 1. The molecule has 3 rings (SSSR count). The smallest absolute Gasteiger partial charge is 0.222 e. The van der Waals surface area contributed by atoms with Crippen LogP contribution in [0.5, 0.6) is 0 Å². The molecule has 1 aliphatic rings. The zero-order valence-corrected chi connectivity index (χ0v) is 16.8. The molecule has 1 saturated heterocycles. The number of rotatable bonds is 6. The molecular formula is C22H26FN5O. The third-order valence-corrected chi connectivity index (χ3v) is 5.04. The number of nitrogens with one attached hydrogen (secondary N) is 2. The number of aromatic nitrogens is 2. The first-order chi connectivity index (χ1) is 14.0. The number of anilines is 2. The number of hydrogen-bond donors (Lipinski definition) is 2. The van der Waals surface area contributed by atoms with Crippen LogP contribution < -0.4 is 5.32 Å². The highest BCUT2D eigenvalue weighted by Crippen LogP contribution is 2.28. The van der Waals surface area contributed by atoms with Gasteiger partial charge in [0.15, 0.2) is 0 Å². The number of benzene rings is 1. The van der Waals surface area contributed by atoms with Crippen molar-refractivity contribution in [2.24, 2.45) is 0 Å². The van der Waals surface area contributed by atoms with E-state index in [-0.39, 0.29) is 17.6 Å². The summed E-state index contributed by atoms with van der Waals surface area (Å²) in [6, 6.07) is 7.94. The van der Waals surface area contributed by atoms with Crippen LogP contribution in [0, 0.1) is 11.2 Å². The molecule has 6 nitrogen and oxygen atoms in total. The predicted molar refractivity (Wildman–Crippen MR) is 113 cm³/mol. The lowest BCUT2D eigenvalue weighted by Crippen LogP contribution is -2.39. The predicted octanol–water partition coefficient (Wildman–Crippen LogP) is 4.53. The third kappa shape index (κ3) is 5.04. The van der Waals surface area contributed by atoms with Crippen molar-refractivity contribution in [1.82, 2.24) is 14.9 Å². The second kappa shape index (κ2) is 9.41. The molecule has 0 aliphatic carbocycles. The molecule has 0 saturated carbocycles. The van der Waals surface area contributed by atoms with Crippen LogP contribution in [0.1, 0.15) is 50.5 Å². The minimum absolute atomic E-state index is 0.0242. The van der Waals surface area contributed by atoms with Crippen molar-refractivity contribution in [3.05, 3.63) is 53.7 Å². The number of likely N-dealkylation sites (tertiary alicyclic amines) is 1. The molecule has 152 valence electrons. The second-order valence-electron chi connectivity index (χ2n) is 7.05. The highest BCUT2D eigenvalue weighted by molar-refractivity contribution is 6.07. The Morgan fingerprint density at radius 3 is 2.90 bits per heavy atom. The maximum atomic E-state index is 13.6. The van der Waals surface area contributed by atoms with E-state index in [2.05, 4.69) is 10.3 Å². The first-order valence-electron chi connectivity index (χ1n) is 9.90. The molecule has 1 unspecified atom stereocenters. The van der Waals surface area contributed by atoms with E-state index in [1.807, 2.05) is 24.8 Å². The Balaban J connectivity index is 1.96. The minimum atomic E-state index is -0.334. The summed E-state index contributed by atoms with van der Waals surface area (Å²) in [5, 5.41) is 10.8. The average molecular weight is 395 g/mol. The fourth-order valence-electron chi connectivity index (χ4n) is 3.52. The molecular weight excluding hydrogens is 369 g/mol. The SMILES string of the molecule is C/C=C(\C=N)c1cc(Nc2cccc(F)c2)nc(C2CCCN(C(=O)CC)C2)n1. The number of halogens is 1. The largest absolute Gasteiger partial charge is 0.342 e. The van der Waals surface area contributed by atoms with Gasteiger partial charge in [0.05, 0.1) is 5.69 Å². The van der Waals surface area contributed by atoms with Crippen LogP contribution in [-0.2, 0) is 4.79 Å². The molecule has 2 aromatic rings. The number of amides is 1. The lowest BCUT2D eigenvalue weighted by molar-refractivity contribution is -0.132. The van der Waals surface area contributed by atoms with Crippen molar-refractivity contribution in [3.63, 3.8) is 0 Å². The molecule has 1 amide bonds. The lowest BCUT2D eigenvalue weighted by Gasteiger charge is -2.32. The van der Waals surface area contributed by atoms with Gasteiger partial charge in [-0.05, 0) is 38.0 Å². The molecule has 1 atom stereocenters. The van der Waals surface area contributed by atoms with Crippen LogP contribution >= 0.6 is 0 Å². The van der Waals surface area contributed by atoms with E-state index >= 15 is 0 Å². The van der Waals surface area contributed by atoms with Crippen molar-refractivity contribution in [2.45, 2.75) is 39.0 Å². The van der Waals surface area contributed by atoms with E-state index in [0.29, 0.717) is 41.6 Å².